The molecule has 2 rings (SSSR count). The van der Waals surface area contributed by atoms with Crippen molar-refractivity contribution in [2.45, 2.75) is 6.10 Å². The predicted molar refractivity (Wildman–Crippen MR) is 99.0 cm³/mol. The summed E-state index contributed by atoms with van der Waals surface area (Å²) in [6, 6.07) is 17.1. The topological polar surface area (TPSA) is 118 Å². The molecule has 0 aliphatic heterocycles. The average molecular weight is 364 g/mol. The van der Waals surface area contributed by atoms with E-state index in [9.17, 15) is 9.90 Å². The van der Waals surface area contributed by atoms with Gasteiger partial charge in [-0.25, -0.2) is 0 Å². The fourth-order valence-electron chi connectivity index (χ4n) is 2.24. The van der Waals surface area contributed by atoms with Gasteiger partial charge in [-0.05, 0) is 42.5 Å². The molecule has 138 valence electrons. The lowest BCUT2D eigenvalue weighted by Crippen LogP contribution is -2.37. The van der Waals surface area contributed by atoms with Gasteiger partial charge in [-0.15, -0.1) is 0 Å². The standard InChI is InChI=1S/C20H20N4O3/c21-11-15-4-6-17(7-5-15)20(26)24-9-8-23-13-18(25)14-27-19-3-1-2-16(10-19)12-22/h1-7,10,18,23,25H,8-9,13-14H2,(H,24,26). The summed E-state index contributed by atoms with van der Waals surface area (Å²) in [6.07, 6.45) is -0.718. The third-order valence-electron chi connectivity index (χ3n) is 3.65. The van der Waals surface area contributed by atoms with E-state index in [2.05, 4.69) is 10.6 Å². The van der Waals surface area contributed by atoms with Crippen molar-refractivity contribution in [1.29, 1.82) is 10.5 Å². The van der Waals surface area contributed by atoms with Crippen molar-refractivity contribution in [3.8, 4) is 17.9 Å². The van der Waals surface area contributed by atoms with Crippen LogP contribution in [0.1, 0.15) is 21.5 Å². The molecule has 0 spiro atoms. The Morgan fingerprint density at radius 3 is 2.52 bits per heavy atom. The smallest absolute Gasteiger partial charge is 0.251 e. The first-order valence-corrected chi connectivity index (χ1v) is 8.42. The molecule has 7 nitrogen and oxygen atoms in total. The van der Waals surface area contributed by atoms with Crippen LogP contribution < -0.4 is 15.4 Å². The van der Waals surface area contributed by atoms with Gasteiger partial charge in [0.25, 0.3) is 5.91 Å². The Hall–Kier alpha value is -3.39. The molecule has 0 radical (unpaired) electrons. The first-order chi connectivity index (χ1) is 13.1. The second-order valence-electron chi connectivity index (χ2n) is 5.75. The van der Waals surface area contributed by atoms with Crippen molar-refractivity contribution in [2.75, 3.05) is 26.2 Å². The van der Waals surface area contributed by atoms with Crippen LogP contribution in [-0.4, -0.2) is 43.4 Å². The zero-order valence-electron chi connectivity index (χ0n) is 14.7. The van der Waals surface area contributed by atoms with E-state index in [-0.39, 0.29) is 12.5 Å². The fraction of sp³-hybridized carbons (Fsp3) is 0.250. The molecule has 0 aliphatic rings. The highest BCUT2D eigenvalue weighted by Crippen LogP contribution is 2.12. The van der Waals surface area contributed by atoms with Crippen molar-refractivity contribution in [3.63, 3.8) is 0 Å². The van der Waals surface area contributed by atoms with Crippen molar-refractivity contribution in [2.24, 2.45) is 0 Å². The van der Waals surface area contributed by atoms with Crippen LogP contribution in [0.4, 0.5) is 0 Å². The van der Waals surface area contributed by atoms with Crippen LogP contribution in [0.15, 0.2) is 48.5 Å². The third kappa shape index (κ3) is 6.79. The normalized spacial score (nSPS) is 11.1. The van der Waals surface area contributed by atoms with Crippen LogP contribution in [0.25, 0.3) is 0 Å². The van der Waals surface area contributed by atoms with Crippen LogP contribution in [0, 0.1) is 22.7 Å². The van der Waals surface area contributed by atoms with E-state index in [1.54, 1.807) is 48.5 Å². The summed E-state index contributed by atoms with van der Waals surface area (Å²) in [4.78, 5) is 11.9. The first kappa shape index (κ1) is 19.9. The van der Waals surface area contributed by atoms with Gasteiger partial charge < -0.3 is 20.5 Å². The van der Waals surface area contributed by atoms with Crippen molar-refractivity contribution < 1.29 is 14.6 Å². The molecule has 0 aromatic heterocycles. The van der Waals surface area contributed by atoms with Gasteiger partial charge in [0.15, 0.2) is 0 Å². The summed E-state index contributed by atoms with van der Waals surface area (Å²) < 4.78 is 5.45. The van der Waals surface area contributed by atoms with E-state index in [1.807, 2.05) is 12.1 Å². The molecule has 1 atom stereocenters. The molecule has 27 heavy (non-hydrogen) atoms. The van der Waals surface area contributed by atoms with Crippen molar-refractivity contribution >= 4 is 5.91 Å². The molecule has 7 heteroatoms. The Balaban J connectivity index is 1.61. The van der Waals surface area contributed by atoms with Crippen LogP contribution in [0.2, 0.25) is 0 Å². The summed E-state index contributed by atoms with van der Waals surface area (Å²) in [5.74, 6) is 0.310. The number of carbonyl (C=O) groups excluding carboxylic acids is 1. The van der Waals surface area contributed by atoms with Crippen molar-refractivity contribution in [1.82, 2.24) is 10.6 Å². The van der Waals surface area contributed by atoms with Gasteiger partial charge in [-0.1, -0.05) is 6.07 Å². The molecule has 0 aliphatic carbocycles. The molecule has 2 aromatic carbocycles. The fourth-order valence-corrected chi connectivity index (χ4v) is 2.24. The minimum absolute atomic E-state index is 0.0967. The molecule has 0 saturated carbocycles. The van der Waals surface area contributed by atoms with Crippen LogP contribution >= 0.6 is 0 Å². The summed E-state index contributed by atoms with van der Waals surface area (Å²) in [5.41, 5.74) is 1.49. The number of aliphatic hydroxyl groups excluding tert-OH is 1. The number of carbonyl (C=O) groups is 1. The summed E-state index contributed by atoms with van der Waals surface area (Å²) >= 11 is 0. The number of ether oxygens (including phenoxy) is 1. The summed E-state index contributed by atoms with van der Waals surface area (Å²) in [5, 5.41) is 33.3. The maximum absolute atomic E-state index is 11.9. The van der Waals surface area contributed by atoms with E-state index in [4.69, 9.17) is 15.3 Å². The molecule has 1 amide bonds. The van der Waals surface area contributed by atoms with E-state index in [0.29, 0.717) is 42.1 Å². The molecule has 0 fully saturated rings. The highest BCUT2D eigenvalue weighted by molar-refractivity contribution is 5.94. The second kappa shape index (κ2) is 10.6. The van der Waals surface area contributed by atoms with Gasteiger partial charge in [-0.2, -0.15) is 10.5 Å². The van der Waals surface area contributed by atoms with E-state index in [1.165, 1.54) is 0 Å². The zero-order chi connectivity index (χ0) is 19.5. The predicted octanol–water partition coefficient (Wildman–Crippen LogP) is 1.19. The minimum atomic E-state index is -0.718. The number of nitrogens with zero attached hydrogens (tertiary/aromatic N) is 2. The lowest BCUT2D eigenvalue weighted by atomic mass is 10.1. The Morgan fingerprint density at radius 2 is 1.81 bits per heavy atom. The maximum atomic E-state index is 11.9. The Labute approximate surface area is 157 Å². The summed E-state index contributed by atoms with van der Waals surface area (Å²) in [7, 11) is 0. The number of aliphatic hydroxyl groups is 1. The van der Waals surface area contributed by atoms with E-state index in [0.717, 1.165) is 0 Å². The van der Waals surface area contributed by atoms with Gasteiger partial charge in [0, 0.05) is 25.2 Å². The van der Waals surface area contributed by atoms with Crippen molar-refractivity contribution in [3.05, 3.63) is 65.2 Å². The maximum Gasteiger partial charge on any atom is 0.251 e. The Morgan fingerprint density at radius 1 is 1.07 bits per heavy atom. The second-order valence-corrected chi connectivity index (χ2v) is 5.75. The number of nitrogens with one attached hydrogen (secondary N) is 2. The Kier molecular flexibility index (Phi) is 7.80. The highest BCUT2D eigenvalue weighted by Gasteiger charge is 2.07. The van der Waals surface area contributed by atoms with Crippen LogP contribution in [0.5, 0.6) is 5.75 Å². The number of hydrogen-bond donors (Lipinski definition) is 3. The quantitative estimate of drug-likeness (QED) is 0.575. The van der Waals surface area contributed by atoms with Crippen LogP contribution in [-0.2, 0) is 0 Å². The minimum Gasteiger partial charge on any atom is -0.491 e. The Bertz CT molecular complexity index is 838. The number of amides is 1. The van der Waals surface area contributed by atoms with Gasteiger partial charge in [-0.3, -0.25) is 4.79 Å². The summed E-state index contributed by atoms with van der Waals surface area (Å²) in [6.45, 7) is 1.30. The molecule has 2 aromatic rings. The van der Waals surface area contributed by atoms with Crippen LogP contribution in [0.3, 0.4) is 0 Å². The largest absolute Gasteiger partial charge is 0.491 e. The number of benzene rings is 2. The SMILES string of the molecule is N#Cc1ccc(C(=O)NCCNCC(O)COc2cccc(C#N)c2)cc1. The lowest BCUT2D eigenvalue weighted by Gasteiger charge is -2.13. The van der Waals surface area contributed by atoms with Gasteiger partial charge >= 0.3 is 0 Å². The molecular formula is C20H20N4O3. The molecule has 0 bridgehead atoms. The first-order valence-electron chi connectivity index (χ1n) is 8.42. The lowest BCUT2D eigenvalue weighted by molar-refractivity contribution is 0.0950. The molecular weight excluding hydrogens is 344 g/mol. The van der Waals surface area contributed by atoms with E-state index < -0.39 is 6.10 Å². The highest BCUT2D eigenvalue weighted by atomic mass is 16.5. The average Bonchev–Trinajstić information content (AvgIpc) is 2.72. The molecule has 0 heterocycles. The number of rotatable bonds is 9. The molecule has 0 saturated heterocycles. The monoisotopic (exact) mass is 364 g/mol. The van der Waals surface area contributed by atoms with Gasteiger partial charge in [0.1, 0.15) is 18.5 Å². The van der Waals surface area contributed by atoms with E-state index >= 15 is 0 Å². The molecule has 1 unspecified atom stereocenters. The van der Waals surface area contributed by atoms with Gasteiger partial charge in [0.2, 0.25) is 0 Å². The van der Waals surface area contributed by atoms with Gasteiger partial charge in [0.05, 0.1) is 23.3 Å². The molecule has 3 N–H and O–H groups in total. The number of nitriles is 2. The number of hydrogen-bond acceptors (Lipinski definition) is 6. The zero-order valence-corrected chi connectivity index (χ0v) is 14.7. The third-order valence-corrected chi connectivity index (χ3v) is 3.65.